The smallest absolute Gasteiger partial charge is 0.326 e. The van der Waals surface area contributed by atoms with E-state index in [1.807, 2.05) is 6.26 Å². The normalized spacial score (nSPS) is 18.5. The Labute approximate surface area is 333 Å². The van der Waals surface area contributed by atoms with Gasteiger partial charge in [-0.25, -0.2) is 9.78 Å². The Bertz CT molecular complexity index is 1730. The molecule has 2 aromatic rings. The monoisotopic (exact) mass is 813 g/mol. The number of amides is 6. The highest BCUT2D eigenvalue weighted by Crippen LogP contribution is 2.21. The molecule has 1 aromatic carbocycles. The lowest BCUT2D eigenvalue weighted by atomic mass is 10.0. The van der Waals surface area contributed by atoms with Crippen LogP contribution in [0.5, 0.6) is 0 Å². The molecule has 0 unspecified atom stereocenters. The van der Waals surface area contributed by atoms with E-state index >= 15 is 0 Å². The zero-order valence-corrected chi connectivity index (χ0v) is 32.5. The van der Waals surface area contributed by atoms with Gasteiger partial charge in [-0.05, 0) is 56.1 Å². The molecule has 0 radical (unpaired) electrons. The average molecular weight is 814 g/mol. The van der Waals surface area contributed by atoms with Crippen molar-refractivity contribution in [3.63, 3.8) is 0 Å². The molecule has 2 aliphatic rings. The number of carboxylic acid groups (broad SMARTS) is 2. The molecule has 20 heteroatoms. The second-order valence-electron chi connectivity index (χ2n) is 14.0. The van der Waals surface area contributed by atoms with Gasteiger partial charge in [0.25, 0.3) is 0 Å². The number of aliphatic carboxylic acids is 2. The molecule has 9 N–H and O–H groups in total. The molecule has 2 fully saturated rings. The molecule has 19 nitrogen and oxygen atoms in total. The summed E-state index contributed by atoms with van der Waals surface area (Å²) in [4.78, 5) is 114. The number of carbonyl (C=O) groups is 8. The number of nitrogens with two attached hydrogens (primary N) is 1. The van der Waals surface area contributed by atoms with Gasteiger partial charge in [0.05, 0.1) is 18.9 Å². The SMILES string of the molecule is CSCC[C@@H](N)C(=O)N[C@H](CCC(=O)O)C(=O)N[C@@H](Cc1cnc[nH]1)C(=O)N[C@@H](Cc1ccccc1)C(=O)N1CCC[C@@H]1C(=O)NCC(=O)N1CCC[C@@H]1C(=O)O. The first-order chi connectivity index (χ1) is 27.3. The fourth-order valence-electron chi connectivity index (χ4n) is 6.82. The number of hydrogen-bond donors (Lipinski definition) is 8. The predicted octanol–water partition coefficient (Wildman–Crippen LogP) is -1.22. The summed E-state index contributed by atoms with van der Waals surface area (Å²) in [7, 11) is 0. The Morgan fingerprint density at radius 3 is 2.16 bits per heavy atom. The van der Waals surface area contributed by atoms with Crippen LogP contribution >= 0.6 is 11.8 Å². The van der Waals surface area contributed by atoms with Crippen molar-refractivity contribution in [2.75, 3.05) is 31.6 Å². The van der Waals surface area contributed by atoms with E-state index in [1.54, 1.807) is 30.3 Å². The molecular weight excluding hydrogens is 763 g/mol. The highest BCUT2D eigenvalue weighted by atomic mass is 32.2. The summed E-state index contributed by atoms with van der Waals surface area (Å²) in [5.41, 5.74) is 7.13. The van der Waals surface area contributed by atoms with Crippen LogP contribution in [0.2, 0.25) is 0 Å². The number of nitrogens with zero attached hydrogens (tertiary/aromatic N) is 3. The molecule has 0 bridgehead atoms. The van der Waals surface area contributed by atoms with Gasteiger partial charge in [0.1, 0.15) is 30.2 Å². The first-order valence-electron chi connectivity index (χ1n) is 18.8. The molecule has 0 aliphatic carbocycles. The van der Waals surface area contributed by atoms with Crippen LogP contribution in [-0.2, 0) is 51.2 Å². The number of thioether (sulfide) groups is 1. The molecule has 6 atom stereocenters. The fraction of sp³-hybridized carbons (Fsp3) is 0.541. The van der Waals surface area contributed by atoms with Crippen molar-refractivity contribution >= 4 is 59.1 Å². The fourth-order valence-corrected chi connectivity index (χ4v) is 7.31. The quantitative estimate of drug-likeness (QED) is 0.0735. The molecule has 2 aliphatic heterocycles. The van der Waals surface area contributed by atoms with Crippen LogP contribution in [0, 0.1) is 0 Å². The summed E-state index contributed by atoms with van der Waals surface area (Å²) >= 11 is 1.48. The van der Waals surface area contributed by atoms with Crippen LogP contribution in [0.25, 0.3) is 0 Å². The summed E-state index contributed by atoms with van der Waals surface area (Å²) in [6.07, 6.45) is 5.67. The number of imidazole rings is 1. The molecule has 0 spiro atoms. The lowest BCUT2D eigenvalue weighted by Gasteiger charge is -2.30. The first-order valence-corrected chi connectivity index (χ1v) is 20.2. The van der Waals surface area contributed by atoms with E-state index in [2.05, 4.69) is 31.2 Å². The van der Waals surface area contributed by atoms with Crippen molar-refractivity contribution in [3.05, 3.63) is 54.1 Å². The van der Waals surface area contributed by atoms with Crippen molar-refractivity contribution in [1.82, 2.24) is 41.0 Å². The average Bonchev–Trinajstić information content (AvgIpc) is 4.00. The number of aromatic nitrogens is 2. The van der Waals surface area contributed by atoms with Crippen LogP contribution in [0.3, 0.4) is 0 Å². The van der Waals surface area contributed by atoms with Gasteiger partial charge in [-0.1, -0.05) is 30.3 Å². The third kappa shape index (κ3) is 13.0. The van der Waals surface area contributed by atoms with E-state index in [0.29, 0.717) is 42.7 Å². The van der Waals surface area contributed by atoms with Crippen molar-refractivity contribution in [2.45, 2.75) is 94.0 Å². The highest BCUT2D eigenvalue weighted by molar-refractivity contribution is 7.98. The zero-order valence-electron chi connectivity index (χ0n) is 31.7. The summed E-state index contributed by atoms with van der Waals surface area (Å²) in [5, 5.41) is 29.3. The van der Waals surface area contributed by atoms with Gasteiger partial charge in [-0.2, -0.15) is 11.8 Å². The van der Waals surface area contributed by atoms with Gasteiger partial charge in [-0.15, -0.1) is 0 Å². The number of likely N-dealkylation sites (tertiary alicyclic amines) is 2. The molecule has 3 heterocycles. The van der Waals surface area contributed by atoms with Crippen LogP contribution in [0.15, 0.2) is 42.9 Å². The second kappa shape index (κ2) is 21.7. The molecule has 4 rings (SSSR count). The standard InChI is InChI=1S/C37H51N9O10S/c1-57-16-13-24(38)32(50)42-25(11-12-31(48)49)33(51)43-26(18-23-19-39-21-41-23)34(52)44-27(17-22-7-3-2-4-8-22)36(54)46-15-5-9-28(46)35(53)40-20-30(47)45-14-6-10-29(45)37(55)56/h2-4,7-8,19,21,24-29H,5-6,9-18,20,38H2,1H3,(H,39,41)(H,40,53)(H,42,50)(H,43,51)(H,44,52)(H,48,49)(H,55,56)/t24-,25-,26+,27+,28-,29-/m1/s1. The maximum atomic E-state index is 14.3. The number of carbonyl (C=O) groups excluding carboxylic acids is 6. The number of hydrogen-bond acceptors (Lipinski definition) is 11. The second-order valence-corrected chi connectivity index (χ2v) is 15.0. The Balaban J connectivity index is 1.53. The van der Waals surface area contributed by atoms with Gasteiger partial charge in [0.15, 0.2) is 0 Å². The van der Waals surface area contributed by atoms with E-state index in [9.17, 15) is 48.6 Å². The minimum atomic E-state index is -1.36. The highest BCUT2D eigenvalue weighted by Gasteiger charge is 2.40. The molecular formula is C37H51N9O10S. The maximum Gasteiger partial charge on any atom is 0.326 e. The van der Waals surface area contributed by atoms with Gasteiger partial charge < -0.3 is 52.0 Å². The summed E-state index contributed by atoms with van der Waals surface area (Å²) in [5.74, 6) is -5.77. The van der Waals surface area contributed by atoms with Crippen LogP contribution < -0.4 is 27.0 Å². The largest absolute Gasteiger partial charge is 0.481 e. The summed E-state index contributed by atoms with van der Waals surface area (Å²) in [6, 6.07) is 2.00. The molecule has 6 amide bonds. The van der Waals surface area contributed by atoms with E-state index in [1.165, 1.54) is 34.1 Å². The zero-order chi connectivity index (χ0) is 41.5. The minimum Gasteiger partial charge on any atom is -0.481 e. The maximum absolute atomic E-state index is 14.3. The Hall–Kier alpha value is -5.50. The van der Waals surface area contributed by atoms with E-state index in [0.717, 1.165) is 0 Å². The van der Waals surface area contributed by atoms with Crippen LogP contribution in [0.4, 0.5) is 0 Å². The summed E-state index contributed by atoms with van der Waals surface area (Å²) < 4.78 is 0. The van der Waals surface area contributed by atoms with Crippen LogP contribution in [0.1, 0.15) is 56.2 Å². The van der Waals surface area contributed by atoms with Crippen molar-refractivity contribution in [1.29, 1.82) is 0 Å². The molecule has 310 valence electrons. The lowest BCUT2D eigenvalue weighted by molar-refractivity contribution is -0.148. The van der Waals surface area contributed by atoms with Gasteiger partial charge >= 0.3 is 11.9 Å². The van der Waals surface area contributed by atoms with Gasteiger partial charge in [0.2, 0.25) is 35.4 Å². The van der Waals surface area contributed by atoms with Crippen LogP contribution in [-0.4, -0.2) is 145 Å². The van der Waals surface area contributed by atoms with Crippen molar-refractivity contribution in [2.24, 2.45) is 5.73 Å². The Morgan fingerprint density at radius 2 is 1.51 bits per heavy atom. The number of nitrogens with one attached hydrogen (secondary N) is 5. The van der Waals surface area contributed by atoms with Gasteiger partial charge in [-0.3, -0.25) is 33.6 Å². The Kier molecular flexibility index (Phi) is 16.8. The minimum absolute atomic E-state index is 0.0101. The van der Waals surface area contributed by atoms with E-state index in [-0.39, 0.29) is 38.8 Å². The predicted molar refractivity (Wildman–Crippen MR) is 206 cm³/mol. The van der Waals surface area contributed by atoms with E-state index in [4.69, 9.17) is 5.73 Å². The third-order valence-electron chi connectivity index (χ3n) is 9.87. The number of rotatable bonds is 21. The first kappa shape index (κ1) is 44.2. The van der Waals surface area contributed by atoms with Gasteiger partial charge in [0, 0.05) is 44.2 Å². The topological polar surface area (TPSA) is 286 Å². The number of aromatic amines is 1. The van der Waals surface area contributed by atoms with E-state index < -0.39 is 96.6 Å². The van der Waals surface area contributed by atoms with Crippen molar-refractivity contribution < 1.29 is 48.6 Å². The summed E-state index contributed by atoms with van der Waals surface area (Å²) in [6.45, 7) is -0.0118. The molecule has 0 saturated carbocycles. The number of H-pyrrole nitrogens is 1. The molecule has 57 heavy (non-hydrogen) atoms. The molecule has 2 saturated heterocycles. The number of benzene rings is 1. The number of carboxylic acids is 2. The third-order valence-corrected chi connectivity index (χ3v) is 10.5. The molecule has 1 aromatic heterocycles. The Morgan fingerprint density at radius 1 is 0.860 bits per heavy atom. The van der Waals surface area contributed by atoms with Crippen molar-refractivity contribution in [3.8, 4) is 0 Å². The lowest BCUT2D eigenvalue weighted by Crippen LogP contribution is -2.59.